The molecule has 8 nitrogen and oxygen atoms in total. The fourth-order valence-corrected chi connectivity index (χ4v) is 5.35. The summed E-state index contributed by atoms with van der Waals surface area (Å²) in [4.78, 5) is 7.09. The number of sulfonamides is 1. The number of aliphatic imine (C=N–C) groups is 1. The maximum Gasteiger partial charge on any atom is 0.214 e. The van der Waals surface area contributed by atoms with Crippen molar-refractivity contribution in [2.24, 2.45) is 4.99 Å². The maximum absolute atomic E-state index is 12.2. The Morgan fingerprint density at radius 1 is 1.10 bits per heavy atom. The van der Waals surface area contributed by atoms with Crippen LogP contribution in [0.25, 0.3) is 0 Å². The van der Waals surface area contributed by atoms with Gasteiger partial charge in [0, 0.05) is 45.3 Å². The number of hydrogen-bond acceptors (Lipinski definition) is 5. The molecule has 0 aliphatic carbocycles. The Labute approximate surface area is 194 Å². The molecule has 0 aromatic heterocycles. The van der Waals surface area contributed by atoms with Gasteiger partial charge in [0.1, 0.15) is 0 Å². The summed E-state index contributed by atoms with van der Waals surface area (Å²) in [7, 11) is -3.09. The average molecular weight is 546 g/mol. The fraction of sp³-hybridized carbons (Fsp3) is 0.947. The first-order valence-electron chi connectivity index (χ1n) is 10.9. The number of nitrogens with one attached hydrogen (secondary N) is 2. The standard InChI is InChI=1S/C19H39N5O3S.HI/c1-3-16-28(26,27)24-14-6-17(7-15-24)22-19(20-4-2)21-10-5-11-23-12-8-18(25)9-13-23;/h17-18,25H,3-16H2,1-2H3,(H2,20,21,22);1H. The Kier molecular flexibility index (Phi) is 13.0. The van der Waals surface area contributed by atoms with Gasteiger partial charge in [-0.05, 0) is 52.0 Å². The molecule has 0 spiro atoms. The van der Waals surface area contributed by atoms with Crippen molar-refractivity contribution < 1.29 is 13.5 Å². The molecule has 0 aromatic carbocycles. The van der Waals surface area contributed by atoms with Crippen molar-refractivity contribution >= 4 is 40.0 Å². The Morgan fingerprint density at radius 2 is 1.76 bits per heavy atom. The molecule has 2 rings (SSSR count). The highest BCUT2D eigenvalue weighted by molar-refractivity contribution is 14.0. The second-order valence-corrected chi connectivity index (χ2v) is 9.91. The van der Waals surface area contributed by atoms with Gasteiger partial charge in [0.2, 0.25) is 10.0 Å². The van der Waals surface area contributed by atoms with Crippen LogP contribution in [0, 0.1) is 0 Å². The monoisotopic (exact) mass is 545 g/mol. The number of rotatable bonds is 9. The molecule has 3 N–H and O–H groups in total. The summed E-state index contributed by atoms with van der Waals surface area (Å²) in [6.07, 6.45) is 4.91. The van der Waals surface area contributed by atoms with E-state index in [2.05, 4.69) is 22.5 Å². The molecule has 2 aliphatic heterocycles. The van der Waals surface area contributed by atoms with Gasteiger partial charge >= 0.3 is 0 Å². The van der Waals surface area contributed by atoms with E-state index in [-0.39, 0.29) is 41.9 Å². The van der Waals surface area contributed by atoms with Crippen LogP contribution in [0.2, 0.25) is 0 Å². The van der Waals surface area contributed by atoms with E-state index >= 15 is 0 Å². The zero-order chi connectivity index (χ0) is 20.4. The number of nitrogens with zero attached hydrogens (tertiary/aromatic N) is 3. The smallest absolute Gasteiger partial charge is 0.214 e. The van der Waals surface area contributed by atoms with Gasteiger partial charge in [0.25, 0.3) is 0 Å². The summed E-state index contributed by atoms with van der Waals surface area (Å²) in [5.41, 5.74) is 0. The van der Waals surface area contributed by atoms with Crippen LogP contribution in [0.15, 0.2) is 4.99 Å². The number of piperidine rings is 2. The first kappa shape index (κ1) is 26.9. The van der Waals surface area contributed by atoms with Gasteiger partial charge in [-0.15, -0.1) is 24.0 Å². The summed E-state index contributed by atoms with van der Waals surface area (Å²) >= 11 is 0. The van der Waals surface area contributed by atoms with E-state index in [0.717, 1.165) is 70.8 Å². The van der Waals surface area contributed by atoms with Gasteiger partial charge in [0.05, 0.1) is 11.9 Å². The van der Waals surface area contributed by atoms with Gasteiger partial charge in [0.15, 0.2) is 5.96 Å². The number of likely N-dealkylation sites (tertiary alicyclic amines) is 1. The molecule has 2 fully saturated rings. The lowest BCUT2D eigenvalue weighted by atomic mass is 10.1. The molecule has 0 saturated carbocycles. The van der Waals surface area contributed by atoms with Crippen LogP contribution in [-0.2, 0) is 10.0 Å². The summed E-state index contributed by atoms with van der Waals surface area (Å²) in [5.74, 6) is 1.07. The number of hydrogen-bond donors (Lipinski definition) is 3. The predicted octanol–water partition coefficient (Wildman–Crippen LogP) is 1.21. The van der Waals surface area contributed by atoms with Crippen LogP contribution in [0.1, 0.15) is 52.4 Å². The molecular weight excluding hydrogens is 505 g/mol. The van der Waals surface area contributed by atoms with Crippen molar-refractivity contribution in [3.63, 3.8) is 0 Å². The van der Waals surface area contributed by atoms with Gasteiger partial charge in [-0.3, -0.25) is 4.99 Å². The molecule has 10 heteroatoms. The molecule has 0 atom stereocenters. The minimum atomic E-state index is -3.09. The van der Waals surface area contributed by atoms with Crippen molar-refractivity contribution in [1.82, 2.24) is 19.8 Å². The van der Waals surface area contributed by atoms with Crippen LogP contribution in [0.4, 0.5) is 0 Å². The third-order valence-corrected chi connectivity index (χ3v) is 7.53. The summed E-state index contributed by atoms with van der Waals surface area (Å²) < 4.78 is 26.0. The molecule has 172 valence electrons. The van der Waals surface area contributed by atoms with E-state index in [0.29, 0.717) is 19.5 Å². The Balaban J connectivity index is 0.00000420. The maximum atomic E-state index is 12.2. The van der Waals surface area contributed by atoms with Gasteiger partial charge in [-0.2, -0.15) is 0 Å². The number of halogens is 1. The molecule has 29 heavy (non-hydrogen) atoms. The van der Waals surface area contributed by atoms with Crippen molar-refractivity contribution in [1.29, 1.82) is 0 Å². The predicted molar refractivity (Wildman–Crippen MR) is 130 cm³/mol. The lowest BCUT2D eigenvalue weighted by Crippen LogP contribution is -2.50. The second kappa shape index (κ2) is 14.0. The van der Waals surface area contributed by atoms with Gasteiger partial charge < -0.3 is 20.6 Å². The average Bonchev–Trinajstić information content (AvgIpc) is 2.67. The molecule has 0 amide bonds. The molecule has 2 aliphatic rings. The zero-order valence-electron chi connectivity index (χ0n) is 18.0. The Bertz CT molecular complexity index is 574. The minimum absolute atomic E-state index is 0. The SMILES string of the molecule is CCCS(=O)(=O)N1CCC(NC(=NCCCN2CCC(O)CC2)NCC)CC1.I. The fourth-order valence-electron chi connectivity index (χ4n) is 3.81. The summed E-state index contributed by atoms with van der Waals surface area (Å²) in [6, 6.07) is 0.259. The van der Waals surface area contributed by atoms with Crippen LogP contribution in [0.3, 0.4) is 0 Å². The van der Waals surface area contributed by atoms with E-state index < -0.39 is 10.0 Å². The largest absolute Gasteiger partial charge is 0.393 e. The number of aliphatic hydroxyl groups excluding tert-OH is 1. The summed E-state index contributed by atoms with van der Waals surface area (Å²) in [5, 5.41) is 16.3. The van der Waals surface area contributed by atoms with Crippen LogP contribution >= 0.6 is 24.0 Å². The molecule has 0 bridgehead atoms. The van der Waals surface area contributed by atoms with E-state index in [4.69, 9.17) is 4.99 Å². The van der Waals surface area contributed by atoms with Crippen LogP contribution in [-0.4, -0.2) is 92.4 Å². The molecule has 0 unspecified atom stereocenters. The third kappa shape index (κ3) is 9.67. The molecular formula is C19H40IN5O3S. The normalized spacial score (nSPS) is 21.0. The molecule has 2 saturated heterocycles. The second-order valence-electron chi connectivity index (χ2n) is 7.82. The lowest BCUT2D eigenvalue weighted by Gasteiger charge is -2.32. The van der Waals surface area contributed by atoms with E-state index in [9.17, 15) is 13.5 Å². The zero-order valence-corrected chi connectivity index (χ0v) is 21.1. The topological polar surface area (TPSA) is 97.3 Å². The molecule has 0 radical (unpaired) electrons. The highest BCUT2D eigenvalue weighted by atomic mass is 127. The van der Waals surface area contributed by atoms with Crippen molar-refractivity contribution in [2.75, 3.05) is 51.6 Å². The Hall–Kier alpha value is -0.170. The minimum Gasteiger partial charge on any atom is -0.393 e. The number of guanidine groups is 1. The van der Waals surface area contributed by atoms with Gasteiger partial charge in [-0.1, -0.05) is 6.92 Å². The van der Waals surface area contributed by atoms with Crippen molar-refractivity contribution in [3.8, 4) is 0 Å². The Morgan fingerprint density at radius 3 is 2.34 bits per heavy atom. The highest BCUT2D eigenvalue weighted by Gasteiger charge is 2.27. The summed E-state index contributed by atoms with van der Waals surface area (Å²) in [6.45, 7) is 9.66. The first-order valence-corrected chi connectivity index (χ1v) is 12.5. The number of aliphatic hydroxyl groups is 1. The van der Waals surface area contributed by atoms with E-state index in [1.54, 1.807) is 4.31 Å². The van der Waals surface area contributed by atoms with E-state index in [1.807, 2.05) is 6.92 Å². The van der Waals surface area contributed by atoms with Crippen molar-refractivity contribution in [2.45, 2.75) is 64.5 Å². The highest BCUT2D eigenvalue weighted by Crippen LogP contribution is 2.15. The van der Waals surface area contributed by atoms with Crippen LogP contribution in [0.5, 0.6) is 0 Å². The molecule has 0 aromatic rings. The lowest BCUT2D eigenvalue weighted by molar-refractivity contribution is 0.0824. The first-order chi connectivity index (χ1) is 13.4. The van der Waals surface area contributed by atoms with Crippen LogP contribution < -0.4 is 10.6 Å². The molecule has 2 heterocycles. The van der Waals surface area contributed by atoms with Crippen molar-refractivity contribution in [3.05, 3.63) is 0 Å². The van der Waals surface area contributed by atoms with Gasteiger partial charge in [-0.25, -0.2) is 12.7 Å². The van der Waals surface area contributed by atoms with E-state index in [1.165, 1.54) is 0 Å². The third-order valence-electron chi connectivity index (χ3n) is 5.45. The quantitative estimate of drug-likeness (QED) is 0.175.